The quantitative estimate of drug-likeness (QED) is 0.464. The average molecular weight is 293 g/mol. The van der Waals surface area contributed by atoms with E-state index >= 15 is 0 Å². The van der Waals surface area contributed by atoms with Crippen LogP contribution >= 0.6 is 0 Å². The molecule has 0 aromatic heterocycles. The summed E-state index contributed by atoms with van der Waals surface area (Å²) >= 11 is 0. The maximum atomic E-state index is 12.7. The molecule has 0 amide bonds. The van der Waals surface area contributed by atoms with Crippen LogP contribution in [0.1, 0.15) is 30.1 Å². The fraction of sp³-hybridized carbons (Fsp3) is 0.588. The zero-order chi connectivity index (χ0) is 15.5. The number of nitrogens with zero attached hydrogens (tertiary/aromatic N) is 1. The number of Topliss-reactive ketones (excluding diaryl/α,β-unsaturated/α-hetero) is 1. The molecule has 1 aromatic rings. The van der Waals surface area contributed by atoms with E-state index in [2.05, 4.69) is 11.8 Å². The van der Waals surface area contributed by atoms with E-state index in [1.54, 1.807) is 14.2 Å². The molecular weight excluding hydrogens is 266 g/mol. The van der Waals surface area contributed by atoms with Gasteiger partial charge in [-0.3, -0.25) is 9.69 Å². The molecule has 0 N–H and O–H groups in total. The molecule has 0 aliphatic heterocycles. The Kier molecular flexibility index (Phi) is 8.90. The lowest BCUT2D eigenvalue weighted by molar-refractivity contribution is 0.0711. The zero-order valence-electron chi connectivity index (χ0n) is 13.4. The smallest absolute Gasteiger partial charge is 0.179 e. The van der Waals surface area contributed by atoms with E-state index in [1.165, 1.54) is 0 Å². The molecular formula is C17H27NO3. The lowest BCUT2D eigenvalue weighted by Crippen LogP contribution is -2.43. The van der Waals surface area contributed by atoms with Gasteiger partial charge in [0.05, 0.1) is 12.6 Å². The summed E-state index contributed by atoms with van der Waals surface area (Å²) in [5, 5.41) is 0. The topological polar surface area (TPSA) is 38.8 Å². The van der Waals surface area contributed by atoms with Crippen LogP contribution in [0.2, 0.25) is 0 Å². The molecule has 0 aliphatic rings. The number of carbonyl (C=O) groups is 1. The van der Waals surface area contributed by atoms with Crippen molar-refractivity contribution in [2.45, 2.75) is 25.8 Å². The maximum Gasteiger partial charge on any atom is 0.179 e. The Bertz CT molecular complexity index is 394. The van der Waals surface area contributed by atoms with E-state index in [-0.39, 0.29) is 11.8 Å². The van der Waals surface area contributed by atoms with Gasteiger partial charge < -0.3 is 9.47 Å². The van der Waals surface area contributed by atoms with Gasteiger partial charge >= 0.3 is 0 Å². The molecule has 21 heavy (non-hydrogen) atoms. The van der Waals surface area contributed by atoms with Gasteiger partial charge in [0.1, 0.15) is 0 Å². The summed E-state index contributed by atoms with van der Waals surface area (Å²) in [6, 6.07) is 9.41. The van der Waals surface area contributed by atoms with Gasteiger partial charge in [0.25, 0.3) is 0 Å². The molecule has 0 aliphatic carbocycles. The summed E-state index contributed by atoms with van der Waals surface area (Å²) in [4.78, 5) is 14.9. The monoisotopic (exact) mass is 293 g/mol. The predicted octanol–water partition coefficient (Wildman–Crippen LogP) is 2.63. The van der Waals surface area contributed by atoms with Crippen LogP contribution in [0.15, 0.2) is 30.3 Å². The highest BCUT2D eigenvalue weighted by Crippen LogP contribution is 2.13. The molecule has 0 fully saturated rings. The highest BCUT2D eigenvalue weighted by molar-refractivity contribution is 6.00. The number of hydrogen-bond donors (Lipinski definition) is 0. The maximum absolute atomic E-state index is 12.7. The molecule has 0 bridgehead atoms. The van der Waals surface area contributed by atoms with Gasteiger partial charge in [-0.25, -0.2) is 0 Å². The van der Waals surface area contributed by atoms with E-state index in [9.17, 15) is 4.79 Å². The minimum atomic E-state index is -0.0978. The van der Waals surface area contributed by atoms with Crippen molar-refractivity contribution in [2.24, 2.45) is 0 Å². The van der Waals surface area contributed by atoms with Crippen molar-refractivity contribution in [3.05, 3.63) is 35.9 Å². The van der Waals surface area contributed by atoms with Gasteiger partial charge in [-0.05, 0) is 12.8 Å². The minimum absolute atomic E-state index is 0.0978. The van der Waals surface area contributed by atoms with Gasteiger partial charge in [0.15, 0.2) is 5.78 Å². The van der Waals surface area contributed by atoms with Crippen molar-refractivity contribution in [2.75, 3.05) is 40.5 Å². The molecule has 118 valence electrons. The van der Waals surface area contributed by atoms with E-state index in [0.29, 0.717) is 13.2 Å². The van der Waals surface area contributed by atoms with Crippen molar-refractivity contribution in [3.63, 3.8) is 0 Å². The van der Waals surface area contributed by atoms with E-state index in [0.717, 1.165) is 31.5 Å². The molecule has 0 saturated heterocycles. The Morgan fingerprint density at radius 3 is 2.33 bits per heavy atom. The Balaban J connectivity index is 2.76. The molecule has 1 atom stereocenters. The molecule has 1 rings (SSSR count). The van der Waals surface area contributed by atoms with Crippen LogP contribution in [-0.4, -0.2) is 57.2 Å². The van der Waals surface area contributed by atoms with Crippen LogP contribution in [0, 0.1) is 0 Å². The highest BCUT2D eigenvalue weighted by Gasteiger charge is 2.24. The average Bonchev–Trinajstić information content (AvgIpc) is 2.53. The third-order valence-electron chi connectivity index (χ3n) is 3.56. The molecule has 1 unspecified atom stereocenters. The first-order valence-corrected chi connectivity index (χ1v) is 7.55. The van der Waals surface area contributed by atoms with Crippen LogP contribution < -0.4 is 0 Å². The number of ether oxygens (including phenoxy) is 2. The Morgan fingerprint density at radius 1 is 1.10 bits per heavy atom. The fourth-order valence-corrected chi connectivity index (χ4v) is 2.45. The van der Waals surface area contributed by atoms with E-state index in [4.69, 9.17) is 9.47 Å². The van der Waals surface area contributed by atoms with Crippen molar-refractivity contribution >= 4 is 5.78 Å². The molecule has 4 heteroatoms. The molecule has 0 heterocycles. The third kappa shape index (κ3) is 5.96. The van der Waals surface area contributed by atoms with Crippen LogP contribution in [0.4, 0.5) is 0 Å². The predicted molar refractivity (Wildman–Crippen MR) is 84.8 cm³/mol. The lowest BCUT2D eigenvalue weighted by atomic mass is 10.0. The number of ketones is 1. The summed E-state index contributed by atoms with van der Waals surface area (Å²) < 4.78 is 10.3. The number of rotatable bonds is 11. The summed E-state index contributed by atoms with van der Waals surface area (Å²) in [7, 11) is 3.39. The molecule has 0 radical (unpaired) electrons. The summed E-state index contributed by atoms with van der Waals surface area (Å²) in [5.74, 6) is 0.187. The van der Waals surface area contributed by atoms with Crippen molar-refractivity contribution in [1.82, 2.24) is 4.90 Å². The SMILES string of the molecule is CCC(C(=O)c1ccccc1)N(CCCOC)CCOC. The van der Waals surface area contributed by atoms with Crippen molar-refractivity contribution in [1.29, 1.82) is 0 Å². The standard InChI is InChI=1S/C17H27NO3/c1-4-16(17(19)15-9-6-5-7-10-15)18(12-14-21-3)11-8-13-20-2/h5-7,9-10,16H,4,8,11-14H2,1-3H3. The Morgan fingerprint density at radius 2 is 1.76 bits per heavy atom. The highest BCUT2D eigenvalue weighted by atomic mass is 16.5. The lowest BCUT2D eigenvalue weighted by Gasteiger charge is -2.30. The molecule has 0 spiro atoms. The number of methoxy groups -OCH3 is 2. The van der Waals surface area contributed by atoms with Crippen LogP contribution in [-0.2, 0) is 9.47 Å². The van der Waals surface area contributed by atoms with Crippen LogP contribution in [0.5, 0.6) is 0 Å². The van der Waals surface area contributed by atoms with Gasteiger partial charge in [-0.1, -0.05) is 37.3 Å². The Labute approximate surface area is 128 Å². The van der Waals surface area contributed by atoms with Gasteiger partial charge in [-0.15, -0.1) is 0 Å². The van der Waals surface area contributed by atoms with Crippen LogP contribution in [0.3, 0.4) is 0 Å². The fourth-order valence-electron chi connectivity index (χ4n) is 2.45. The first kappa shape index (κ1) is 17.8. The first-order valence-electron chi connectivity index (χ1n) is 7.55. The van der Waals surface area contributed by atoms with Crippen LogP contribution in [0.25, 0.3) is 0 Å². The molecule has 4 nitrogen and oxygen atoms in total. The summed E-state index contributed by atoms with van der Waals surface area (Å²) in [6.45, 7) is 5.00. The molecule has 0 saturated carbocycles. The van der Waals surface area contributed by atoms with Gasteiger partial charge in [-0.2, -0.15) is 0 Å². The first-order chi connectivity index (χ1) is 10.2. The Hall–Kier alpha value is -1.23. The second-order valence-corrected chi connectivity index (χ2v) is 5.03. The normalized spacial score (nSPS) is 12.6. The molecule has 1 aromatic carbocycles. The number of carbonyl (C=O) groups excluding carboxylic acids is 1. The summed E-state index contributed by atoms with van der Waals surface area (Å²) in [6.07, 6.45) is 1.71. The summed E-state index contributed by atoms with van der Waals surface area (Å²) in [5.41, 5.74) is 0.776. The zero-order valence-corrected chi connectivity index (χ0v) is 13.4. The number of hydrogen-bond acceptors (Lipinski definition) is 4. The van der Waals surface area contributed by atoms with Gasteiger partial charge in [0, 0.05) is 39.5 Å². The second-order valence-electron chi connectivity index (χ2n) is 5.03. The van der Waals surface area contributed by atoms with Crippen molar-refractivity contribution < 1.29 is 14.3 Å². The minimum Gasteiger partial charge on any atom is -0.385 e. The second kappa shape index (κ2) is 10.5. The third-order valence-corrected chi connectivity index (χ3v) is 3.56. The van der Waals surface area contributed by atoms with E-state index in [1.807, 2.05) is 30.3 Å². The largest absolute Gasteiger partial charge is 0.385 e. The number of benzene rings is 1. The van der Waals surface area contributed by atoms with E-state index < -0.39 is 0 Å². The van der Waals surface area contributed by atoms with Gasteiger partial charge in [0.2, 0.25) is 0 Å². The van der Waals surface area contributed by atoms with Crippen molar-refractivity contribution in [3.8, 4) is 0 Å².